The quantitative estimate of drug-likeness (QED) is 0.682. The molecule has 0 spiro atoms. The molecule has 0 radical (unpaired) electrons. The van der Waals surface area contributed by atoms with E-state index in [1.165, 1.54) is 0 Å². The fourth-order valence-corrected chi connectivity index (χ4v) is 4.13. The first-order chi connectivity index (χ1) is 4.61. The molecule has 1 aromatic heterocycles. The molecule has 2 heteroatoms. The van der Waals surface area contributed by atoms with Crippen LogP contribution in [0.3, 0.4) is 0 Å². The summed E-state index contributed by atoms with van der Waals surface area (Å²) in [4.78, 5) is 11.2. The normalized spacial score (nSPS) is 11.5. The van der Waals surface area contributed by atoms with Gasteiger partial charge in [0.15, 0.2) is 0 Å². The number of rotatable bonds is 1. The molecule has 1 heterocycles. The van der Waals surface area contributed by atoms with Gasteiger partial charge in [-0.3, -0.25) is 0 Å². The van der Waals surface area contributed by atoms with Crippen molar-refractivity contribution in [3.05, 3.63) is 24.5 Å². The molecule has 1 rings (SSSR count). The molecule has 0 fully saturated rings. The maximum absolute atomic E-state index is 3.99. The van der Waals surface area contributed by atoms with Gasteiger partial charge in [-0.2, -0.15) is 0 Å². The monoisotopic (exact) mass is 243 g/mol. The van der Waals surface area contributed by atoms with Gasteiger partial charge in [0.05, 0.1) is 0 Å². The summed E-state index contributed by atoms with van der Waals surface area (Å²) in [5.41, 5.74) is 0. The number of hydrogen-bond donors (Lipinski definition) is 0. The molecule has 0 aliphatic carbocycles. The van der Waals surface area contributed by atoms with Crippen molar-refractivity contribution in [1.29, 1.82) is 0 Å². The van der Waals surface area contributed by atoms with Crippen LogP contribution in [-0.2, 0) is 0 Å². The van der Waals surface area contributed by atoms with Crippen molar-refractivity contribution < 1.29 is 0 Å². The summed E-state index contributed by atoms with van der Waals surface area (Å²) in [6.45, 7) is 0. The molecule has 10 heavy (non-hydrogen) atoms. The zero-order valence-corrected chi connectivity index (χ0v) is 9.61. The summed E-state index contributed by atoms with van der Waals surface area (Å²) < 4.78 is 1.55. The molecule has 0 unspecified atom stereocenters. The SMILES string of the molecule is [CH3][Sn]([CH3])([CH3])[c]1ccncc1. The van der Waals surface area contributed by atoms with Crippen molar-refractivity contribution in [3.63, 3.8) is 0 Å². The van der Waals surface area contributed by atoms with E-state index in [-0.39, 0.29) is 0 Å². The van der Waals surface area contributed by atoms with Crippen LogP contribution in [0.5, 0.6) is 0 Å². The van der Waals surface area contributed by atoms with E-state index in [1.807, 2.05) is 12.4 Å². The molecule has 1 aromatic rings. The van der Waals surface area contributed by atoms with Crippen LogP contribution >= 0.6 is 0 Å². The van der Waals surface area contributed by atoms with E-state index in [0.717, 1.165) is 0 Å². The summed E-state index contributed by atoms with van der Waals surface area (Å²) >= 11 is -1.75. The zero-order chi connectivity index (χ0) is 7.61. The van der Waals surface area contributed by atoms with Crippen molar-refractivity contribution >= 4 is 22.0 Å². The summed E-state index contributed by atoms with van der Waals surface area (Å²) in [7, 11) is 0. The van der Waals surface area contributed by atoms with Crippen LogP contribution in [0.25, 0.3) is 0 Å². The minimum absolute atomic E-state index is 1.55. The van der Waals surface area contributed by atoms with Crippen molar-refractivity contribution in [2.45, 2.75) is 14.8 Å². The van der Waals surface area contributed by atoms with Gasteiger partial charge < -0.3 is 0 Å². The molecule has 0 aliphatic heterocycles. The van der Waals surface area contributed by atoms with Crippen molar-refractivity contribution in [3.8, 4) is 0 Å². The molecular formula is C8H13NSn. The molecule has 1 nitrogen and oxygen atoms in total. The average Bonchev–Trinajstić information content (AvgIpc) is 1.88. The molecule has 0 atom stereocenters. The Labute approximate surface area is 66.4 Å². The number of hydrogen-bond acceptors (Lipinski definition) is 1. The van der Waals surface area contributed by atoms with E-state index in [2.05, 4.69) is 31.9 Å². The molecule has 0 amide bonds. The molecule has 0 aromatic carbocycles. The van der Waals surface area contributed by atoms with Gasteiger partial charge in [0, 0.05) is 0 Å². The average molecular weight is 242 g/mol. The van der Waals surface area contributed by atoms with Crippen molar-refractivity contribution in [1.82, 2.24) is 4.98 Å². The molecule has 54 valence electrons. The number of pyridine rings is 1. The van der Waals surface area contributed by atoms with E-state index >= 15 is 0 Å². The Morgan fingerprint density at radius 2 is 1.60 bits per heavy atom. The van der Waals surface area contributed by atoms with Crippen LogP contribution in [0.1, 0.15) is 0 Å². The third kappa shape index (κ3) is 1.97. The second-order valence-corrected chi connectivity index (χ2v) is 18.0. The van der Waals surface area contributed by atoms with Gasteiger partial charge >= 0.3 is 66.3 Å². The Balaban J connectivity index is 2.97. The first kappa shape index (κ1) is 8.05. The van der Waals surface area contributed by atoms with Crippen LogP contribution in [0, 0.1) is 0 Å². The fourth-order valence-electron chi connectivity index (χ4n) is 0.852. The topological polar surface area (TPSA) is 12.9 Å². The molecule has 0 N–H and O–H groups in total. The van der Waals surface area contributed by atoms with Crippen LogP contribution in [0.4, 0.5) is 0 Å². The van der Waals surface area contributed by atoms with E-state index in [0.29, 0.717) is 0 Å². The Hall–Kier alpha value is -0.0513. The molecule has 0 bridgehead atoms. The van der Waals surface area contributed by atoms with Gasteiger partial charge in [-0.25, -0.2) is 0 Å². The van der Waals surface area contributed by atoms with Gasteiger partial charge in [0.2, 0.25) is 0 Å². The first-order valence-corrected chi connectivity index (χ1v) is 13.5. The summed E-state index contributed by atoms with van der Waals surface area (Å²) in [6.07, 6.45) is 3.77. The predicted molar refractivity (Wildman–Crippen MR) is 47.2 cm³/mol. The number of nitrogens with zero attached hydrogens (tertiary/aromatic N) is 1. The first-order valence-electron chi connectivity index (χ1n) is 3.51. The van der Waals surface area contributed by atoms with Crippen molar-refractivity contribution in [2.24, 2.45) is 0 Å². The van der Waals surface area contributed by atoms with Gasteiger partial charge in [0.1, 0.15) is 0 Å². The minimum atomic E-state index is -1.75. The Bertz CT molecular complexity index is 200. The Morgan fingerprint density at radius 3 is 1.90 bits per heavy atom. The van der Waals surface area contributed by atoms with E-state index in [9.17, 15) is 0 Å². The van der Waals surface area contributed by atoms with Gasteiger partial charge in [-0.1, -0.05) is 0 Å². The van der Waals surface area contributed by atoms with Crippen molar-refractivity contribution in [2.75, 3.05) is 0 Å². The van der Waals surface area contributed by atoms with Gasteiger partial charge in [-0.05, 0) is 0 Å². The van der Waals surface area contributed by atoms with Crippen LogP contribution in [0.15, 0.2) is 24.5 Å². The second kappa shape index (κ2) is 2.91. The summed E-state index contributed by atoms with van der Waals surface area (Å²) in [5.74, 6) is 0. The maximum atomic E-state index is 3.99. The van der Waals surface area contributed by atoms with Gasteiger partial charge in [0.25, 0.3) is 0 Å². The third-order valence-corrected chi connectivity index (χ3v) is 7.44. The third-order valence-electron chi connectivity index (χ3n) is 1.55. The fraction of sp³-hybridized carbons (Fsp3) is 0.375. The molecular weight excluding hydrogens is 229 g/mol. The summed E-state index contributed by atoms with van der Waals surface area (Å²) in [5, 5.41) is 0. The van der Waals surface area contributed by atoms with Crippen LogP contribution in [-0.4, -0.2) is 23.4 Å². The van der Waals surface area contributed by atoms with E-state index in [4.69, 9.17) is 0 Å². The molecule has 0 saturated carbocycles. The van der Waals surface area contributed by atoms with E-state index in [1.54, 1.807) is 3.58 Å². The van der Waals surface area contributed by atoms with Crippen LogP contribution < -0.4 is 3.58 Å². The second-order valence-electron chi connectivity index (χ2n) is 3.49. The number of aromatic nitrogens is 1. The van der Waals surface area contributed by atoms with Crippen LogP contribution in [0.2, 0.25) is 14.8 Å². The summed E-state index contributed by atoms with van der Waals surface area (Å²) in [6, 6.07) is 4.30. The molecule has 0 saturated heterocycles. The Morgan fingerprint density at radius 1 is 1.10 bits per heavy atom. The standard InChI is InChI=1S/C5H4N.3CH3.Sn/c1-2-4-6-5-3-1;;;;/h2-5H;3*1H3;. The Kier molecular flexibility index (Phi) is 2.34. The van der Waals surface area contributed by atoms with E-state index < -0.39 is 18.4 Å². The zero-order valence-electron chi connectivity index (χ0n) is 6.76. The molecule has 0 aliphatic rings. The van der Waals surface area contributed by atoms with Gasteiger partial charge in [-0.15, -0.1) is 0 Å². The predicted octanol–water partition coefficient (Wildman–Crippen LogP) is 1.63.